The lowest BCUT2D eigenvalue weighted by molar-refractivity contribution is 0.415. The van der Waals surface area contributed by atoms with Crippen LogP contribution in [-0.4, -0.2) is 18.6 Å². The number of aromatic nitrogens is 1. The van der Waals surface area contributed by atoms with Crippen LogP contribution in [0.2, 0.25) is 0 Å². The van der Waals surface area contributed by atoms with Gasteiger partial charge in [-0.2, -0.15) is 0 Å². The van der Waals surface area contributed by atoms with Gasteiger partial charge in [0.05, 0.1) is 19.7 Å². The van der Waals surface area contributed by atoms with Crippen molar-refractivity contribution in [2.75, 3.05) is 14.2 Å². The zero-order valence-electron chi connectivity index (χ0n) is 15.8. The van der Waals surface area contributed by atoms with Crippen molar-refractivity contribution in [3.05, 3.63) is 54.6 Å². The number of ether oxygens (including phenoxy) is 2. The molecule has 0 spiro atoms. The predicted octanol–water partition coefficient (Wildman–Crippen LogP) is 7.28. The topological polar surface area (TPSA) is 22.9 Å². The zero-order chi connectivity index (χ0) is 19.3. The maximum atomic E-state index is 5.46. The van der Waals surface area contributed by atoms with Gasteiger partial charge in [0, 0.05) is 41.7 Å². The molecule has 0 saturated carbocycles. The van der Waals surface area contributed by atoms with Crippen LogP contribution < -0.4 is 9.47 Å². The molecule has 4 aromatic heterocycles. The summed E-state index contributed by atoms with van der Waals surface area (Å²) in [6, 6.07) is 19.5. The molecule has 0 N–H and O–H groups in total. The first-order valence-electron chi connectivity index (χ1n) is 9.43. The van der Waals surface area contributed by atoms with E-state index in [1.807, 2.05) is 22.7 Å². The van der Waals surface area contributed by atoms with Crippen molar-refractivity contribution in [3.63, 3.8) is 0 Å². The smallest absolute Gasteiger partial charge is 0.120 e. The fraction of sp³-hybridized carbons (Fsp3) is 0.0833. The Kier molecular flexibility index (Phi) is 2.91. The van der Waals surface area contributed by atoms with Gasteiger partial charge in [-0.15, -0.1) is 22.7 Å². The fourth-order valence-corrected chi connectivity index (χ4v) is 7.28. The number of hydrogen-bond donors (Lipinski definition) is 0. The molecule has 0 aliphatic carbocycles. The molecule has 7 rings (SSSR count). The van der Waals surface area contributed by atoms with Crippen LogP contribution in [0.1, 0.15) is 0 Å². The third kappa shape index (κ3) is 1.83. The average Bonchev–Trinajstić information content (AvgIpc) is 3.46. The van der Waals surface area contributed by atoms with Crippen LogP contribution in [0.4, 0.5) is 0 Å². The monoisotopic (exact) mass is 413 g/mol. The molecule has 0 aliphatic rings. The van der Waals surface area contributed by atoms with Crippen LogP contribution >= 0.6 is 22.7 Å². The Morgan fingerprint density at radius 2 is 1.17 bits per heavy atom. The molecule has 4 heterocycles. The maximum absolute atomic E-state index is 5.46. The minimum atomic E-state index is 0.905. The third-order valence-electron chi connectivity index (χ3n) is 5.96. The van der Waals surface area contributed by atoms with Crippen LogP contribution in [0.15, 0.2) is 54.6 Å². The summed E-state index contributed by atoms with van der Waals surface area (Å²) >= 11 is 3.70. The molecule has 0 radical (unpaired) electrons. The van der Waals surface area contributed by atoms with E-state index in [0.717, 1.165) is 11.5 Å². The number of para-hydroxylation sites is 1. The van der Waals surface area contributed by atoms with Crippen LogP contribution in [-0.2, 0) is 0 Å². The Hall–Kier alpha value is -3.02. The largest absolute Gasteiger partial charge is 0.497 e. The first kappa shape index (κ1) is 15.9. The Balaban J connectivity index is 1.75. The molecule has 5 heteroatoms. The molecule has 3 nitrogen and oxygen atoms in total. The quantitative estimate of drug-likeness (QED) is 0.297. The van der Waals surface area contributed by atoms with E-state index in [1.165, 1.54) is 56.9 Å². The lowest BCUT2D eigenvalue weighted by Crippen LogP contribution is -1.80. The molecule has 0 atom stereocenters. The molecule has 140 valence electrons. The summed E-state index contributed by atoms with van der Waals surface area (Å²) in [4.78, 5) is 2.63. The van der Waals surface area contributed by atoms with Crippen molar-refractivity contribution >= 4 is 79.6 Å². The van der Waals surface area contributed by atoms with Gasteiger partial charge in [0.1, 0.15) is 21.2 Å². The molecule has 0 amide bonds. The van der Waals surface area contributed by atoms with E-state index in [4.69, 9.17) is 9.47 Å². The fourth-order valence-electron chi connectivity index (χ4n) is 4.70. The Morgan fingerprint density at radius 3 is 1.66 bits per heavy atom. The van der Waals surface area contributed by atoms with E-state index < -0.39 is 0 Å². The molecular formula is C24H15NO2S2. The summed E-state index contributed by atoms with van der Waals surface area (Å²) in [5, 5.41) is 7.98. The average molecular weight is 414 g/mol. The second-order valence-electron chi connectivity index (χ2n) is 7.33. The minimum Gasteiger partial charge on any atom is -0.497 e. The van der Waals surface area contributed by atoms with Crippen molar-refractivity contribution < 1.29 is 9.47 Å². The zero-order valence-corrected chi connectivity index (χ0v) is 17.4. The van der Waals surface area contributed by atoms with Gasteiger partial charge in [0.25, 0.3) is 0 Å². The number of rotatable bonds is 2. The van der Waals surface area contributed by atoms with E-state index in [2.05, 4.69) is 59.0 Å². The molecule has 0 aliphatic heterocycles. The van der Waals surface area contributed by atoms with Gasteiger partial charge in [-0.1, -0.05) is 18.2 Å². The number of benzene rings is 3. The molecular weight excluding hydrogens is 398 g/mol. The van der Waals surface area contributed by atoms with Crippen LogP contribution in [0.25, 0.3) is 56.9 Å². The van der Waals surface area contributed by atoms with Gasteiger partial charge in [-0.05, 0) is 36.4 Å². The molecule has 0 unspecified atom stereocenters. The third-order valence-corrected chi connectivity index (χ3v) is 8.24. The first-order chi connectivity index (χ1) is 14.3. The summed E-state index contributed by atoms with van der Waals surface area (Å²) in [7, 11) is 3.45. The molecule has 7 aromatic rings. The molecule has 0 saturated heterocycles. The van der Waals surface area contributed by atoms with Gasteiger partial charge in [0.2, 0.25) is 0 Å². The Labute approximate surface area is 173 Å². The van der Waals surface area contributed by atoms with E-state index in [9.17, 15) is 0 Å². The molecule has 0 bridgehead atoms. The second-order valence-corrected chi connectivity index (χ2v) is 9.39. The normalized spacial score (nSPS) is 12.5. The van der Waals surface area contributed by atoms with E-state index in [1.54, 1.807) is 14.2 Å². The highest BCUT2D eigenvalue weighted by atomic mass is 32.1. The van der Waals surface area contributed by atoms with Crippen molar-refractivity contribution in [2.24, 2.45) is 0 Å². The minimum absolute atomic E-state index is 0.905. The van der Waals surface area contributed by atoms with E-state index >= 15 is 0 Å². The Morgan fingerprint density at radius 1 is 0.655 bits per heavy atom. The van der Waals surface area contributed by atoms with Crippen molar-refractivity contribution in [2.45, 2.75) is 0 Å². The lowest BCUT2D eigenvalue weighted by atomic mass is 10.1. The standard InChI is InChI=1S/C24H15NO2S2/c1-26-12-6-8-14-18(10-12)28-23-20(14)16-4-3-5-17-21-15-9-7-13(27-2)11-19(15)29-24(21)25(23)22(16)17/h3-11H,1-2H3. The van der Waals surface area contributed by atoms with Gasteiger partial charge < -0.3 is 9.47 Å². The summed E-state index contributed by atoms with van der Waals surface area (Å²) < 4.78 is 15.9. The molecule has 0 fully saturated rings. The number of fused-ring (bicyclic) bond motifs is 10. The highest BCUT2D eigenvalue weighted by Crippen LogP contribution is 2.49. The summed E-state index contributed by atoms with van der Waals surface area (Å²) in [5.74, 6) is 1.81. The van der Waals surface area contributed by atoms with Crippen molar-refractivity contribution in [1.82, 2.24) is 4.40 Å². The van der Waals surface area contributed by atoms with Gasteiger partial charge >= 0.3 is 0 Å². The van der Waals surface area contributed by atoms with E-state index in [0.29, 0.717) is 0 Å². The predicted molar refractivity (Wildman–Crippen MR) is 125 cm³/mol. The van der Waals surface area contributed by atoms with E-state index in [-0.39, 0.29) is 0 Å². The number of thiophene rings is 2. The van der Waals surface area contributed by atoms with Crippen molar-refractivity contribution in [1.29, 1.82) is 0 Å². The highest BCUT2D eigenvalue weighted by molar-refractivity contribution is 7.27. The van der Waals surface area contributed by atoms with Crippen LogP contribution in [0.3, 0.4) is 0 Å². The molecule has 29 heavy (non-hydrogen) atoms. The van der Waals surface area contributed by atoms with Gasteiger partial charge in [0.15, 0.2) is 0 Å². The van der Waals surface area contributed by atoms with Gasteiger partial charge in [-0.3, -0.25) is 4.40 Å². The van der Waals surface area contributed by atoms with Crippen LogP contribution in [0, 0.1) is 0 Å². The summed E-state index contributed by atoms with van der Waals surface area (Å²) in [5.41, 5.74) is 1.34. The lowest BCUT2D eigenvalue weighted by Gasteiger charge is -2.00. The van der Waals surface area contributed by atoms with Gasteiger partial charge in [-0.25, -0.2) is 0 Å². The molecule has 3 aromatic carbocycles. The number of hydrogen-bond acceptors (Lipinski definition) is 4. The maximum Gasteiger partial charge on any atom is 0.120 e. The SMILES string of the molecule is COc1ccc2c(c1)sc1c2c2cccc3c4c5ccc(OC)cc5sc4n1c23. The van der Waals surface area contributed by atoms with Crippen molar-refractivity contribution in [3.8, 4) is 11.5 Å². The number of nitrogens with zero attached hydrogens (tertiary/aromatic N) is 1. The van der Waals surface area contributed by atoms with Crippen LogP contribution in [0.5, 0.6) is 11.5 Å². The second kappa shape index (κ2) is 5.32. The summed E-state index contributed by atoms with van der Waals surface area (Å²) in [6.45, 7) is 0. The summed E-state index contributed by atoms with van der Waals surface area (Å²) in [6.07, 6.45) is 0. The highest BCUT2D eigenvalue weighted by Gasteiger charge is 2.23. The first-order valence-corrected chi connectivity index (χ1v) is 11.1. The number of methoxy groups -OCH3 is 2. The Bertz CT molecular complexity index is 1610.